The van der Waals surface area contributed by atoms with E-state index in [9.17, 15) is 9.59 Å². The van der Waals surface area contributed by atoms with E-state index in [2.05, 4.69) is 4.98 Å². The normalized spacial score (nSPS) is 12.1. The first kappa shape index (κ1) is 11.1. The maximum atomic E-state index is 10.9. The highest BCUT2D eigenvalue weighted by molar-refractivity contribution is 5.92. The second kappa shape index (κ2) is 4.52. The number of pyridine rings is 1. The summed E-state index contributed by atoms with van der Waals surface area (Å²) >= 11 is 0. The molecule has 0 radical (unpaired) electrons. The number of amides is 1. The van der Waals surface area contributed by atoms with Crippen LogP contribution in [0.3, 0.4) is 0 Å². The average Bonchev–Trinajstić information content (AvgIpc) is 2.18. The van der Waals surface area contributed by atoms with Gasteiger partial charge in [-0.05, 0) is 11.6 Å². The van der Waals surface area contributed by atoms with Crippen LogP contribution in [0.1, 0.15) is 16.1 Å². The first-order valence-corrected chi connectivity index (χ1v) is 4.24. The fourth-order valence-electron chi connectivity index (χ4n) is 1.15. The third kappa shape index (κ3) is 2.75. The Morgan fingerprint density at radius 3 is 2.73 bits per heavy atom. The minimum Gasteiger partial charge on any atom is -0.480 e. The molecule has 80 valence electrons. The number of nitrogens with zero attached hydrogens (tertiary/aromatic N) is 1. The third-order valence-electron chi connectivity index (χ3n) is 1.88. The molecule has 0 fully saturated rings. The lowest BCUT2D eigenvalue weighted by Crippen LogP contribution is -2.33. The van der Waals surface area contributed by atoms with E-state index >= 15 is 0 Å². The number of hydrogen-bond acceptors (Lipinski definition) is 4. The molecule has 0 aliphatic rings. The van der Waals surface area contributed by atoms with Crippen LogP contribution in [-0.4, -0.2) is 28.0 Å². The first-order valence-electron chi connectivity index (χ1n) is 4.24. The van der Waals surface area contributed by atoms with Gasteiger partial charge in [0.15, 0.2) is 0 Å². The van der Waals surface area contributed by atoms with Gasteiger partial charge in [-0.25, -0.2) is 0 Å². The first-order chi connectivity index (χ1) is 7.02. The number of primary amides is 1. The minimum atomic E-state index is -1.13. The molecular weight excluding hydrogens is 198 g/mol. The van der Waals surface area contributed by atoms with E-state index in [1.165, 1.54) is 6.20 Å². The van der Waals surface area contributed by atoms with E-state index in [0.717, 1.165) is 0 Å². The van der Waals surface area contributed by atoms with Crippen LogP contribution in [0.2, 0.25) is 0 Å². The van der Waals surface area contributed by atoms with Crippen molar-refractivity contribution in [3.63, 3.8) is 0 Å². The van der Waals surface area contributed by atoms with Crippen molar-refractivity contribution in [2.24, 2.45) is 11.5 Å². The van der Waals surface area contributed by atoms with Crippen molar-refractivity contribution in [3.8, 4) is 0 Å². The molecule has 0 aromatic carbocycles. The van der Waals surface area contributed by atoms with Crippen molar-refractivity contribution in [1.29, 1.82) is 0 Å². The Kier molecular flexibility index (Phi) is 3.35. The molecule has 0 bridgehead atoms. The molecule has 6 heteroatoms. The number of aromatic nitrogens is 1. The zero-order chi connectivity index (χ0) is 11.4. The predicted molar refractivity (Wildman–Crippen MR) is 52.1 cm³/mol. The van der Waals surface area contributed by atoms with Gasteiger partial charge in [0.2, 0.25) is 0 Å². The number of hydrogen-bond donors (Lipinski definition) is 3. The summed E-state index contributed by atoms with van der Waals surface area (Å²) in [5.74, 6) is -1.82. The molecule has 1 atom stereocenters. The summed E-state index contributed by atoms with van der Waals surface area (Å²) in [6, 6.07) is 2.11. The second-order valence-electron chi connectivity index (χ2n) is 3.02. The van der Waals surface area contributed by atoms with Crippen LogP contribution in [-0.2, 0) is 11.2 Å². The van der Waals surface area contributed by atoms with Crippen molar-refractivity contribution >= 4 is 11.9 Å². The van der Waals surface area contributed by atoms with Crippen molar-refractivity contribution in [2.45, 2.75) is 12.5 Å². The molecule has 1 heterocycles. The molecule has 0 saturated carbocycles. The smallest absolute Gasteiger partial charge is 0.320 e. The molecule has 5 N–H and O–H groups in total. The molecule has 0 unspecified atom stereocenters. The number of rotatable bonds is 4. The van der Waals surface area contributed by atoms with Crippen LogP contribution in [0.4, 0.5) is 0 Å². The molecule has 0 aliphatic carbocycles. The Balaban J connectivity index is 2.94. The summed E-state index contributed by atoms with van der Waals surface area (Å²) < 4.78 is 0. The van der Waals surface area contributed by atoms with Crippen molar-refractivity contribution < 1.29 is 14.7 Å². The molecule has 15 heavy (non-hydrogen) atoms. The summed E-state index contributed by atoms with van der Waals surface area (Å²) in [7, 11) is 0. The summed E-state index contributed by atoms with van der Waals surface area (Å²) in [6.07, 6.45) is 1.44. The zero-order valence-electron chi connectivity index (χ0n) is 7.88. The molecule has 6 nitrogen and oxygen atoms in total. The summed E-state index contributed by atoms with van der Waals surface area (Å²) in [6.45, 7) is 0. The maximum Gasteiger partial charge on any atom is 0.320 e. The van der Waals surface area contributed by atoms with Gasteiger partial charge in [-0.3, -0.25) is 14.6 Å². The highest BCUT2D eigenvalue weighted by Crippen LogP contribution is 2.07. The monoisotopic (exact) mass is 209 g/mol. The SMILES string of the molecule is NC(=O)c1ncccc1C[C@H](N)C(=O)O. The Bertz CT molecular complexity index is 392. The molecule has 1 amide bonds. The van der Waals surface area contributed by atoms with E-state index in [4.69, 9.17) is 16.6 Å². The second-order valence-corrected chi connectivity index (χ2v) is 3.02. The van der Waals surface area contributed by atoms with Gasteiger partial charge in [0.05, 0.1) is 0 Å². The number of carboxylic acid groups (broad SMARTS) is 1. The van der Waals surface area contributed by atoms with Gasteiger partial charge in [0.25, 0.3) is 5.91 Å². The van der Waals surface area contributed by atoms with Gasteiger partial charge < -0.3 is 16.6 Å². The van der Waals surface area contributed by atoms with Crippen LogP contribution >= 0.6 is 0 Å². The fraction of sp³-hybridized carbons (Fsp3) is 0.222. The topological polar surface area (TPSA) is 119 Å². The van der Waals surface area contributed by atoms with Gasteiger partial charge >= 0.3 is 5.97 Å². The number of nitrogens with two attached hydrogens (primary N) is 2. The predicted octanol–water partition coefficient (Wildman–Crippen LogP) is -0.865. The summed E-state index contributed by atoms with van der Waals surface area (Å²) in [4.78, 5) is 25.2. The zero-order valence-corrected chi connectivity index (χ0v) is 7.88. The number of carbonyl (C=O) groups is 2. The van der Waals surface area contributed by atoms with Crippen LogP contribution in [0, 0.1) is 0 Å². The average molecular weight is 209 g/mol. The van der Waals surface area contributed by atoms with Gasteiger partial charge in [-0.2, -0.15) is 0 Å². The van der Waals surface area contributed by atoms with Gasteiger partial charge in [0.1, 0.15) is 11.7 Å². The largest absolute Gasteiger partial charge is 0.480 e. The van der Waals surface area contributed by atoms with Crippen molar-refractivity contribution in [2.75, 3.05) is 0 Å². The maximum absolute atomic E-state index is 10.9. The Labute approximate surface area is 85.9 Å². The number of carbonyl (C=O) groups excluding carboxylic acids is 1. The van der Waals surface area contributed by atoms with Crippen LogP contribution in [0.15, 0.2) is 18.3 Å². The molecule has 1 aromatic heterocycles. The van der Waals surface area contributed by atoms with Gasteiger partial charge in [-0.15, -0.1) is 0 Å². The van der Waals surface area contributed by atoms with E-state index in [1.807, 2.05) is 0 Å². The van der Waals surface area contributed by atoms with Crippen molar-refractivity contribution in [1.82, 2.24) is 4.98 Å². The summed E-state index contributed by atoms with van der Waals surface area (Å²) in [5, 5.41) is 8.61. The Morgan fingerprint density at radius 1 is 1.53 bits per heavy atom. The molecule has 0 spiro atoms. The lowest BCUT2D eigenvalue weighted by atomic mass is 10.0. The van der Waals surface area contributed by atoms with Crippen LogP contribution in [0.5, 0.6) is 0 Å². The van der Waals surface area contributed by atoms with Crippen LogP contribution < -0.4 is 11.5 Å². The molecule has 0 aliphatic heterocycles. The quantitative estimate of drug-likeness (QED) is 0.595. The van der Waals surface area contributed by atoms with Gasteiger partial charge in [0, 0.05) is 12.6 Å². The molecule has 1 aromatic rings. The van der Waals surface area contributed by atoms with Crippen LogP contribution in [0.25, 0.3) is 0 Å². The van der Waals surface area contributed by atoms with E-state index < -0.39 is 17.9 Å². The highest BCUT2D eigenvalue weighted by Gasteiger charge is 2.16. The Hall–Kier alpha value is -1.95. The van der Waals surface area contributed by atoms with E-state index in [-0.39, 0.29) is 12.1 Å². The van der Waals surface area contributed by atoms with E-state index in [0.29, 0.717) is 5.56 Å². The van der Waals surface area contributed by atoms with Crippen molar-refractivity contribution in [3.05, 3.63) is 29.6 Å². The van der Waals surface area contributed by atoms with E-state index in [1.54, 1.807) is 12.1 Å². The molecule has 1 rings (SSSR count). The molecule has 0 saturated heterocycles. The standard InChI is InChI=1S/C9H11N3O3/c10-6(9(14)15)4-5-2-1-3-12-7(5)8(11)13/h1-3,6H,4,10H2,(H2,11,13)(H,14,15)/t6-/m0/s1. The number of carboxylic acids is 1. The summed E-state index contributed by atoms with van der Waals surface area (Å²) in [5.41, 5.74) is 10.9. The molecular formula is C9H11N3O3. The van der Waals surface area contributed by atoms with Gasteiger partial charge in [-0.1, -0.05) is 6.07 Å². The third-order valence-corrected chi connectivity index (χ3v) is 1.88. The minimum absolute atomic E-state index is 0.0292. The Morgan fingerprint density at radius 2 is 2.20 bits per heavy atom. The lowest BCUT2D eigenvalue weighted by Gasteiger charge is -2.08. The fourth-order valence-corrected chi connectivity index (χ4v) is 1.15. The number of aliphatic carboxylic acids is 1. The highest BCUT2D eigenvalue weighted by atomic mass is 16.4. The lowest BCUT2D eigenvalue weighted by molar-refractivity contribution is -0.138.